The lowest BCUT2D eigenvalue weighted by atomic mass is 10.0. The van der Waals surface area contributed by atoms with Crippen molar-refractivity contribution in [3.05, 3.63) is 30.1 Å². The molecule has 0 radical (unpaired) electrons. The second-order valence-corrected chi connectivity index (χ2v) is 5.43. The Balaban J connectivity index is 2.05. The smallest absolute Gasteiger partial charge is 0.0897 e. The summed E-state index contributed by atoms with van der Waals surface area (Å²) in [7, 11) is 0. The molecule has 1 aliphatic rings. The number of nitrogens with zero attached hydrogens (tertiary/aromatic N) is 2. The van der Waals surface area contributed by atoms with E-state index in [2.05, 4.69) is 35.1 Å². The molecule has 0 spiro atoms. The van der Waals surface area contributed by atoms with E-state index in [-0.39, 0.29) is 12.1 Å². The number of aromatic nitrogens is 1. The third-order valence-electron chi connectivity index (χ3n) is 3.75. The molecule has 0 aromatic carbocycles. The number of rotatable bonds is 7. The van der Waals surface area contributed by atoms with Gasteiger partial charge in [-0.3, -0.25) is 9.88 Å². The molecule has 0 saturated carbocycles. The summed E-state index contributed by atoms with van der Waals surface area (Å²) < 4.78 is 6.04. The minimum Gasteiger partial charge on any atom is -0.374 e. The molecule has 112 valence electrons. The summed E-state index contributed by atoms with van der Waals surface area (Å²) in [5.74, 6) is 0. The van der Waals surface area contributed by atoms with Gasteiger partial charge in [0.05, 0.1) is 18.8 Å². The van der Waals surface area contributed by atoms with Crippen molar-refractivity contribution < 1.29 is 4.74 Å². The molecule has 4 nitrogen and oxygen atoms in total. The van der Waals surface area contributed by atoms with E-state index in [1.54, 1.807) is 0 Å². The molecule has 0 bridgehead atoms. The van der Waals surface area contributed by atoms with E-state index in [1.807, 2.05) is 18.5 Å². The van der Waals surface area contributed by atoms with Gasteiger partial charge in [0.25, 0.3) is 0 Å². The van der Waals surface area contributed by atoms with Crippen LogP contribution in [0.3, 0.4) is 0 Å². The van der Waals surface area contributed by atoms with E-state index >= 15 is 0 Å². The van der Waals surface area contributed by atoms with Crippen molar-refractivity contribution in [3.63, 3.8) is 0 Å². The van der Waals surface area contributed by atoms with Crippen molar-refractivity contribution in [1.82, 2.24) is 15.2 Å². The van der Waals surface area contributed by atoms with Crippen molar-refractivity contribution in [2.45, 2.75) is 38.8 Å². The summed E-state index contributed by atoms with van der Waals surface area (Å²) in [5.41, 5.74) is 1.23. The third-order valence-corrected chi connectivity index (χ3v) is 3.75. The Morgan fingerprint density at radius 1 is 1.45 bits per heavy atom. The van der Waals surface area contributed by atoms with Crippen molar-refractivity contribution in [1.29, 1.82) is 0 Å². The Bertz CT molecular complexity index is 369. The lowest BCUT2D eigenvalue weighted by Crippen LogP contribution is -2.48. The number of hydrogen-bond acceptors (Lipinski definition) is 4. The monoisotopic (exact) mass is 277 g/mol. The first-order valence-corrected chi connectivity index (χ1v) is 7.82. The zero-order valence-corrected chi connectivity index (χ0v) is 12.7. The summed E-state index contributed by atoms with van der Waals surface area (Å²) in [5, 5.41) is 3.63. The van der Waals surface area contributed by atoms with Crippen molar-refractivity contribution in [2.24, 2.45) is 0 Å². The van der Waals surface area contributed by atoms with Gasteiger partial charge in [-0.25, -0.2) is 0 Å². The average molecular weight is 277 g/mol. The topological polar surface area (TPSA) is 37.4 Å². The first kappa shape index (κ1) is 15.4. The van der Waals surface area contributed by atoms with Crippen LogP contribution in [-0.4, -0.2) is 48.8 Å². The van der Waals surface area contributed by atoms with Gasteiger partial charge in [0.15, 0.2) is 0 Å². The summed E-state index contributed by atoms with van der Waals surface area (Å²) in [6, 6.07) is 4.38. The van der Waals surface area contributed by atoms with Gasteiger partial charge in [0.1, 0.15) is 0 Å². The molecule has 2 heterocycles. The largest absolute Gasteiger partial charge is 0.374 e. The minimum absolute atomic E-state index is 0.214. The Kier molecular flexibility index (Phi) is 6.43. The molecule has 1 fully saturated rings. The molecule has 1 aromatic heterocycles. The van der Waals surface area contributed by atoms with E-state index in [4.69, 9.17) is 4.74 Å². The summed E-state index contributed by atoms with van der Waals surface area (Å²) in [4.78, 5) is 6.76. The zero-order valence-electron chi connectivity index (χ0n) is 12.7. The van der Waals surface area contributed by atoms with Crippen LogP contribution in [0, 0.1) is 0 Å². The normalized spacial score (nSPS) is 21.8. The first-order valence-electron chi connectivity index (χ1n) is 7.82. The first-order chi connectivity index (χ1) is 9.85. The van der Waals surface area contributed by atoms with E-state index < -0.39 is 0 Å². The number of morpholine rings is 1. The molecule has 2 unspecified atom stereocenters. The average Bonchev–Trinajstić information content (AvgIpc) is 2.50. The van der Waals surface area contributed by atoms with Crippen LogP contribution < -0.4 is 5.32 Å². The van der Waals surface area contributed by atoms with E-state index in [9.17, 15) is 0 Å². The van der Waals surface area contributed by atoms with Gasteiger partial charge in [0, 0.05) is 25.5 Å². The van der Waals surface area contributed by atoms with Gasteiger partial charge in [0.2, 0.25) is 0 Å². The fourth-order valence-corrected chi connectivity index (χ4v) is 2.78. The van der Waals surface area contributed by atoms with Gasteiger partial charge >= 0.3 is 0 Å². The van der Waals surface area contributed by atoms with E-state index in [1.165, 1.54) is 12.0 Å². The Hall–Kier alpha value is -0.970. The highest BCUT2D eigenvalue weighted by Gasteiger charge is 2.28. The Morgan fingerprint density at radius 2 is 2.35 bits per heavy atom. The predicted molar refractivity (Wildman–Crippen MR) is 81.7 cm³/mol. The molecule has 4 heteroatoms. The summed E-state index contributed by atoms with van der Waals surface area (Å²) in [6.45, 7) is 9.48. The maximum Gasteiger partial charge on any atom is 0.0897 e. The minimum atomic E-state index is 0.214. The standard InChI is InChI=1S/C16H27N3O/c1-3-7-18-16(14-6-5-8-17-12-14)15-13-19(9-4-2)10-11-20-15/h5-6,8,12,15-16,18H,3-4,7,9-11,13H2,1-2H3. The quantitative estimate of drug-likeness (QED) is 0.829. The number of hydrogen-bond donors (Lipinski definition) is 1. The molecule has 1 aliphatic heterocycles. The number of pyridine rings is 1. The van der Waals surface area contributed by atoms with Gasteiger partial charge in [-0.1, -0.05) is 19.9 Å². The molecule has 1 N–H and O–H groups in total. The van der Waals surface area contributed by atoms with Crippen molar-refractivity contribution >= 4 is 0 Å². The van der Waals surface area contributed by atoms with E-state index in [0.29, 0.717) is 0 Å². The number of ether oxygens (including phenoxy) is 1. The Labute approximate surface area is 122 Å². The molecule has 1 saturated heterocycles. The highest BCUT2D eigenvalue weighted by molar-refractivity contribution is 5.16. The second-order valence-electron chi connectivity index (χ2n) is 5.43. The molecular weight excluding hydrogens is 250 g/mol. The molecule has 1 aromatic rings. The summed E-state index contributed by atoms with van der Waals surface area (Å²) in [6.07, 6.45) is 6.32. The maximum atomic E-state index is 6.04. The second kappa shape index (κ2) is 8.35. The fraction of sp³-hybridized carbons (Fsp3) is 0.688. The van der Waals surface area contributed by atoms with Crippen LogP contribution in [0.15, 0.2) is 24.5 Å². The van der Waals surface area contributed by atoms with Gasteiger partial charge < -0.3 is 10.1 Å². The van der Waals surface area contributed by atoms with Crippen LogP contribution in [0.5, 0.6) is 0 Å². The Morgan fingerprint density at radius 3 is 3.05 bits per heavy atom. The lowest BCUT2D eigenvalue weighted by molar-refractivity contribution is -0.0470. The maximum absolute atomic E-state index is 6.04. The molecule has 0 aliphatic carbocycles. The molecule has 2 atom stereocenters. The fourth-order valence-electron chi connectivity index (χ4n) is 2.78. The highest BCUT2D eigenvalue weighted by atomic mass is 16.5. The SMILES string of the molecule is CCCNC(c1cccnc1)C1CN(CCC)CCO1. The molecular formula is C16H27N3O. The van der Waals surface area contributed by atoms with Gasteiger partial charge in [-0.05, 0) is 37.6 Å². The van der Waals surface area contributed by atoms with Crippen molar-refractivity contribution in [3.8, 4) is 0 Å². The predicted octanol–water partition coefficient (Wildman–Crippen LogP) is 2.23. The number of nitrogens with one attached hydrogen (secondary N) is 1. The lowest BCUT2D eigenvalue weighted by Gasteiger charge is -2.37. The van der Waals surface area contributed by atoms with Gasteiger partial charge in [-0.2, -0.15) is 0 Å². The molecule has 20 heavy (non-hydrogen) atoms. The highest BCUT2D eigenvalue weighted by Crippen LogP contribution is 2.22. The molecule has 0 amide bonds. The van der Waals surface area contributed by atoms with Crippen LogP contribution in [-0.2, 0) is 4.74 Å². The van der Waals surface area contributed by atoms with Crippen LogP contribution in [0.2, 0.25) is 0 Å². The zero-order chi connectivity index (χ0) is 14.2. The van der Waals surface area contributed by atoms with Crippen LogP contribution in [0.1, 0.15) is 38.3 Å². The van der Waals surface area contributed by atoms with Crippen molar-refractivity contribution in [2.75, 3.05) is 32.8 Å². The van der Waals surface area contributed by atoms with Crippen LogP contribution in [0.25, 0.3) is 0 Å². The van der Waals surface area contributed by atoms with E-state index in [0.717, 1.165) is 39.2 Å². The van der Waals surface area contributed by atoms with Crippen LogP contribution in [0.4, 0.5) is 0 Å². The third kappa shape index (κ3) is 4.27. The molecule has 2 rings (SSSR count). The van der Waals surface area contributed by atoms with Crippen LogP contribution >= 0.6 is 0 Å². The summed E-state index contributed by atoms with van der Waals surface area (Å²) >= 11 is 0. The van der Waals surface area contributed by atoms with Gasteiger partial charge in [-0.15, -0.1) is 0 Å².